The van der Waals surface area contributed by atoms with E-state index < -0.39 is 35.4 Å². The van der Waals surface area contributed by atoms with Crippen molar-refractivity contribution in [2.45, 2.75) is 163 Å². The van der Waals surface area contributed by atoms with Gasteiger partial charge in [0.05, 0.1) is 28.7 Å². The quantitative estimate of drug-likeness (QED) is 0.0249. The summed E-state index contributed by atoms with van der Waals surface area (Å²) in [5.41, 5.74) is 11.8. The molecular formula is C69H96N10O9S. The number of hydrogen-bond acceptors (Lipinski definition) is 14. The maximum absolute atomic E-state index is 14.0. The van der Waals surface area contributed by atoms with Crippen molar-refractivity contribution in [3.8, 4) is 21.6 Å². The first-order valence-electron chi connectivity index (χ1n) is 32.2. The van der Waals surface area contributed by atoms with Gasteiger partial charge in [-0.2, -0.15) is 0 Å². The number of aryl methyl sites for hydroxylation is 3. The SMILES string of the molecule is CCN(c1cc(-c2ccc(CN3CCN(CC(=O)NCCCCCCCCCOCC(=O)NC(C(=O)N4C[C@H](O)C[C@H]4C(=O)NCc4ccc(-c5scnc5C)cc4)C(C)(C)C)CC3)cc2)cc(C(=O)NCc2c(C)cc(C)[nH]c2=O)c1C)C1CCOCC1. The number of unbranched alkanes of at least 4 members (excludes halogenated alkanes) is 6. The van der Waals surface area contributed by atoms with Crippen molar-refractivity contribution >= 4 is 46.6 Å². The van der Waals surface area contributed by atoms with Gasteiger partial charge in [0.25, 0.3) is 11.5 Å². The molecule has 0 saturated carbocycles. The number of β-amino-alcohol motifs (C(OH)–C–C–N with tert-alkyl or cyclic N) is 1. The summed E-state index contributed by atoms with van der Waals surface area (Å²) < 4.78 is 11.4. The van der Waals surface area contributed by atoms with Crippen molar-refractivity contribution in [3.63, 3.8) is 0 Å². The Labute approximate surface area is 530 Å². The highest BCUT2D eigenvalue weighted by Crippen LogP contribution is 2.35. The van der Waals surface area contributed by atoms with Crippen molar-refractivity contribution in [1.29, 1.82) is 0 Å². The van der Waals surface area contributed by atoms with Gasteiger partial charge in [-0.1, -0.05) is 101 Å². The van der Waals surface area contributed by atoms with Crippen LogP contribution in [0.4, 0.5) is 5.69 Å². The van der Waals surface area contributed by atoms with Crippen LogP contribution in [-0.2, 0) is 48.3 Å². The van der Waals surface area contributed by atoms with Gasteiger partial charge < -0.3 is 50.6 Å². The van der Waals surface area contributed by atoms with Crippen LogP contribution in [0.3, 0.4) is 0 Å². The Bertz CT molecular complexity index is 3220. The molecule has 3 aromatic carbocycles. The van der Waals surface area contributed by atoms with E-state index >= 15 is 0 Å². The summed E-state index contributed by atoms with van der Waals surface area (Å²) in [4.78, 5) is 97.2. The summed E-state index contributed by atoms with van der Waals surface area (Å²) in [6.07, 6.45) is 8.04. The standard InChI is InChI=1S/C69H96N10O9S/c1-9-78(55-25-33-87-34-26-55)59-37-54(36-57(48(59)4)65(83)72-40-58-46(2)35-47(3)74-66(58)84)52-21-19-51(20-22-52)41-76-28-30-77(31-29-76)43-61(81)70-27-15-13-11-10-12-14-16-32-88-44-62(82)75-64(69(6,7)8)68(86)79-42-56(80)38-60(79)67(85)71-39-50-17-23-53(24-18-50)63-49(5)73-45-89-63/h17-24,35-37,45,55-56,60,64,80H,9-16,25-34,38-44H2,1-8H3,(H,70,81)(H,71,85)(H,72,83)(H,74,84)(H,75,82)/t56-,60+,64?/m1/s1. The highest BCUT2D eigenvalue weighted by molar-refractivity contribution is 7.13. The Balaban J connectivity index is 0.682. The van der Waals surface area contributed by atoms with Crippen molar-refractivity contribution < 1.29 is 38.6 Å². The van der Waals surface area contributed by atoms with Gasteiger partial charge in [0.1, 0.15) is 18.7 Å². The molecule has 89 heavy (non-hydrogen) atoms. The third kappa shape index (κ3) is 19.4. The van der Waals surface area contributed by atoms with E-state index in [1.807, 2.05) is 90.4 Å². The van der Waals surface area contributed by atoms with E-state index in [1.165, 1.54) is 10.5 Å². The maximum Gasteiger partial charge on any atom is 0.253 e. The van der Waals surface area contributed by atoms with Gasteiger partial charge in [0, 0.05) is 120 Å². The van der Waals surface area contributed by atoms with Crippen LogP contribution in [0, 0.1) is 33.1 Å². The number of nitrogens with zero attached hydrogens (tertiary/aromatic N) is 5. The fourth-order valence-corrected chi connectivity index (χ4v) is 13.2. The van der Waals surface area contributed by atoms with Crippen LogP contribution >= 0.6 is 11.3 Å². The van der Waals surface area contributed by atoms with E-state index in [4.69, 9.17) is 9.47 Å². The molecule has 0 aliphatic carbocycles. The molecule has 3 fully saturated rings. The molecule has 19 nitrogen and oxygen atoms in total. The van der Waals surface area contributed by atoms with Crippen LogP contribution in [-0.4, -0.2) is 162 Å². The van der Waals surface area contributed by atoms with Gasteiger partial charge >= 0.3 is 0 Å². The van der Waals surface area contributed by atoms with Crippen LogP contribution in [0.2, 0.25) is 0 Å². The number of piperazine rings is 1. The largest absolute Gasteiger partial charge is 0.391 e. The number of anilines is 1. The monoisotopic (exact) mass is 1240 g/mol. The van der Waals surface area contributed by atoms with Crippen molar-refractivity contribution in [3.05, 3.63) is 127 Å². The van der Waals surface area contributed by atoms with Crippen molar-refractivity contribution in [2.75, 3.05) is 83.7 Å². The normalized spacial score (nSPS) is 17.1. The fraction of sp³-hybridized carbons (Fsp3) is 0.551. The van der Waals surface area contributed by atoms with Crippen LogP contribution in [0.25, 0.3) is 21.6 Å². The maximum atomic E-state index is 14.0. The Morgan fingerprint density at radius 2 is 1.46 bits per heavy atom. The van der Waals surface area contributed by atoms with E-state index in [0.29, 0.717) is 50.1 Å². The Hall–Kier alpha value is -6.81. The van der Waals surface area contributed by atoms with E-state index in [9.17, 15) is 33.9 Å². The second-order valence-electron chi connectivity index (χ2n) is 25.5. The zero-order valence-corrected chi connectivity index (χ0v) is 54.6. The molecule has 6 N–H and O–H groups in total. The molecule has 3 aliphatic heterocycles. The van der Waals surface area contributed by atoms with Gasteiger partial charge in [0.15, 0.2) is 0 Å². The lowest BCUT2D eigenvalue weighted by Crippen LogP contribution is -2.58. The van der Waals surface area contributed by atoms with E-state index in [1.54, 1.807) is 11.3 Å². The number of likely N-dealkylation sites (tertiary alicyclic amines) is 1. The minimum absolute atomic E-state index is 0.00197. The van der Waals surface area contributed by atoms with Gasteiger partial charge in [-0.25, -0.2) is 4.98 Å². The number of H-pyrrole nitrogens is 1. The molecule has 5 heterocycles. The smallest absolute Gasteiger partial charge is 0.253 e. The number of carbonyl (C=O) groups excluding carboxylic acids is 5. The third-order valence-electron chi connectivity index (χ3n) is 17.6. The number of aromatic nitrogens is 2. The van der Waals surface area contributed by atoms with E-state index in [2.05, 4.69) is 83.2 Å². The number of aliphatic hydroxyl groups is 1. The molecule has 20 heteroatoms. The highest BCUT2D eigenvalue weighted by Gasteiger charge is 2.44. The number of hydrogen-bond donors (Lipinski definition) is 6. The van der Waals surface area contributed by atoms with E-state index in [0.717, 1.165) is 152 Å². The Morgan fingerprint density at radius 1 is 0.798 bits per heavy atom. The number of nitrogens with one attached hydrogen (secondary N) is 5. The molecule has 1 unspecified atom stereocenters. The molecule has 0 spiro atoms. The van der Waals surface area contributed by atoms with Crippen molar-refractivity contribution in [1.82, 2.24) is 45.9 Å². The molecule has 2 aromatic heterocycles. The second-order valence-corrected chi connectivity index (χ2v) is 26.3. The number of aromatic amines is 1. The minimum atomic E-state index is -0.929. The number of aliphatic hydroxyl groups excluding tert-OH is 1. The Morgan fingerprint density at radius 3 is 2.12 bits per heavy atom. The minimum Gasteiger partial charge on any atom is -0.391 e. The molecule has 3 atom stereocenters. The van der Waals surface area contributed by atoms with Crippen LogP contribution in [0.1, 0.15) is 141 Å². The number of amides is 5. The average molecular weight is 1240 g/mol. The first-order valence-corrected chi connectivity index (χ1v) is 33.0. The predicted octanol–water partition coefficient (Wildman–Crippen LogP) is 8.12. The fourth-order valence-electron chi connectivity index (χ4n) is 12.4. The highest BCUT2D eigenvalue weighted by atomic mass is 32.1. The average Bonchev–Trinajstić information content (AvgIpc) is 1.90. The number of benzene rings is 3. The van der Waals surface area contributed by atoms with Gasteiger partial charge in [-0.3, -0.25) is 38.6 Å². The van der Waals surface area contributed by atoms with Gasteiger partial charge in [-0.15, -0.1) is 11.3 Å². The summed E-state index contributed by atoms with van der Waals surface area (Å²) >= 11 is 1.58. The third-order valence-corrected chi connectivity index (χ3v) is 18.6. The number of carbonyl (C=O) groups is 5. The van der Waals surface area contributed by atoms with Crippen molar-refractivity contribution in [2.24, 2.45) is 5.41 Å². The first-order chi connectivity index (χ1) is 42.8. The summed E-state index contributed by atoms with van der Waals surface area (Å²) in [7, 11) is 0. The Kier molecular flexibility index (Phi) is 25.1. The molecule has 0 radical (unpaired) electrons. The molecule has 482 valence electrons. The lowest BCUT2D eigenvalue weighted by Gasteiger charge is -2.37. The number of ether oxygens (including phenoxy) is 2. The zero-order valence-electron chi connectivity index (χ0n) is 53.8. The van der Waals surface area contributed by atoms with E-state index in [-0.39, 0.29) is 55.9 Å². The van der Waals surface area contributed by atoms with Gasteiger partial charge in [-0.05, 0) is 123 Å². The molecule has 0 bridgehead atoms. The number of thiazole rings is 1. The molecule has 3 saturated heterocycles. The second kappa shape index (κ2) is 32.8. The van der Waals surface area contributed by atoms with Crippen LogP contribution in [0.15, 0.2) is 77.0 Å². The number of pyridine rings is 1. The summed E-state index contributed by atoms with van der Waals surface area (Å²) in [6.45, 7) is 23.6. The molecular weight excluding hydrogens is 1140 g/mol. The molecule has 8 rings (SSSR count). The van der Waals surface area contributed by atoms with Crippen LogP contribution < -0.4 is 31.7 Å². The predicted molar refractivity (Wildman–Crippen MR) is 351 cm³/mol. The molecule has 3 aliphatic rings. The molecule has 5 aromatic rings. The summed E-state index contributed by atoms with van der Waals surface area (Å²) in [5.74, 6) is -1.33. The van der Waals surface area contributed by atoms with Crippen LogP contribution in [0.5, 0.6) is 0 Å². The molecule has 5 amide bonds. The first kappa shape index (κ1) is 68.1. The lowest BCUT2D eigenvalue weighted by molar-refractivity contribution is -0.144. The zero-order chi connectivity index (χ0) is 63.6. The summed E-state index contributed by atoms with van der Waals surface area (Å²) in [5, 5.41) is 22.6. The number of rotatable bonds is 29. The topological polar surface area (TPSA) is 231 Å². The summed E-state index contributed by atoms with van der Waals surface area (Å²) in [6, 6.07) is 21.2. The van der Waals surface area contributed by atoms with Gasteiger partial charge in [0.2, 0.25) is 23.6 Å². The lowest BCUT2D eigenvalue weighted by atomic mass is 9.85.